The van der Waals surface area contributed by atoms with E-state index in [1.807, 2.05) is 0 Å². The van der Waals surface area contributed by atoms with Gasteiger partial charge in [0, 0.05) is 12.2 Å². The molecule has 88 valence electrons. The Bertz CT molecular complexity index is 477. The van der Waals surface area contributed by atoms with E-state index in [0.717, 1.165) is 6.42 Å². The minimum atomic E-state index is -2.90. The molecular weight excluding hydrogens is 250 g/mol. The number of hydrogen-bond donors (Lipinski definition) is 1. The van der Waals surface area contributed by atoms with E-state index in [0.29, 0.717) is 12.2 Å². The number of hydrogen-bond acceptors (Lipinski definition) is 5. The lowest BCUT2D eigenvalue weighted by molar-refractivity contribution is 0.561. The minimum absolute atomic E-state index is 0.0790. The summed E-state index contributed by atoms with van der Waals surface area (Å²) in [6, 6.07) is 1.59. The molecule has 16 heavy (non-hydrogen) atoms. The lowest BCUT2D eigenvalue weighted by Crippen LogP contribution is -2.35. The third-order valence-electron chi connectivity index (χ3n) is 2.44. The molecule has 0 radical (unpaired) electrons. The predicted octanol–water partition coefficient (Wildman–Crippen LogP) is 1.12. The van der Waals surface area contributed by atoms with Crippen LogP contribution in [0.15, 0.2) is 12.3 Å². The number of nitrogens with zero attached hydrogens (tertiary/aromatic N) is 2. The summed E-state index contributed by atoms with van der Waals surface area (Å²) in [5.41, 5.74) is 0. The van der Waals surface area contributed by atoms with E-state index in [2.05, 4.69) is 15.3 Å². The number of nitrogens with one attached hydrogen (secondary N) is 1. The van der Waals surface area contributed by atoms with Gasteiger partial charge in [0.2, 0.25) is 5.28 Å². The molecule has 2 heterocycles. The van der Waals surface area contributed by atoms with E-state index in [1.165, 1.54) is 6.20 Å². The van der Waals surface area contributed by atoms with Crippen LogP contribution < -0.4 is 5.32 Å². The van der Waals surface area contributed by atoms with Crippen molar-refractivity contribution in [3.63, 3.8) is 0 Å². The first-order chi connectivity index (χ1) is 7.55. The molecule has 1 aliphatic rings. The highest BCUT2D eigenvalue weighted by molar-refractivity contribution is 7.91. The van der Waals surface area contributed by atoms with Gasteiger partial charge in [0.05, 0.1) is 11.5 Å². The van der Waals surface area contributed by atoms with E-state index in [4.69, 9.17) is 11.6 Å². The van der Waals surface area contributed by atoms with Crippen LogP contribution in [0.4, 0.5) is 5.82 Å². The summed E-state index contributed by atoms with van der Waals surface area (Å²) in [5.74, 6) is 1.02. The molecule has 1 N–H and O–H groups in total. The highest BCUT2D eigenvalue weighted by atomic mass is 35.5. The highest BCUT2D eigenvalue weighted by Crippen LogP contribution is 2.16. The van der Waals surface area contributed by atoms with Crippen molar-refractivity contribution >= 4 is 27.3 Å². The Balaban J connectivity index is 2.05. The second kappa shape index (κ2) is 4.55. The Hall–Kier alpha value is -0.880. The van der Waals surface area contributed by atoms with Crippen LogP contribution in [0, 0.1) is 0 Å². The van der Waals surface area contributed by atoms with E-state index in [-0.39, 0.29) is 22.8 Å². The van der Waals surface area contributed by atoms with E-state index < -0.39 is 9.84 Å². The molecule has 0 saturated carbocycles. The zero-order valence-electron chi connectivity index (χ0n) is 8.56. The fraction of sp³-hybridized carbons (Fsp3) is 0.556. The zero-order valence-corrected chi connectivity index (χ0v) is 10.1. The first-order valence-corrected chi connectivity index (χ1v) is 7.21. The minimum Gasteiger partial charge on any atom is -0.366 e. The van der Waals surface area contributed by atoms with Crippen LogP contribution in [0.2, 0.25) is 5.28 Å². The molecule has 1 saturated heterocycles. The van der Waals surface area contributed by atoms with Crippen LogP contribution in [0.1, 0.15) is 12.8 Å². The molecule has 0 aliphatic carbocycles. The normalized spacial score (nSPS) is 23.9. The first kappa shape index (κ1) is 11.6. The van der Waals surface area contributed by atoms with Gasteiger partial charge in [0.15, 0.2) is 9.84 Å². The zero-order chi connectivity index (χ0) is 11.6. The lowest BCUT2D eigenvalue weighted by Gasteiger charge is -2.23. The molecule has 0 aromatic carbocycles. The topological polar surface area (TPSA) is 72.0 Å². The summed E-state index contributed by atoms with van der Waals surface area (Å²) < 4.78 is 22.8. The van der Waals surface area contributed by atoms with Crippen molar-refractivity contribution in [2.24, 2.45) is 0 Å². The van der Waals surface area contributed by atoms with Gasteiger partial charge in [-0.2, -0.15) is 0 Å². The average Bonchev–Trinajstić information content (AvgIpc) is 2.15. The molecule has 0 spiro atoms. The Morgan fingerprint density at radius 1 is 1.50 bits per heavy atom. The molecule has 1 aromatic heterocycles. The largest absolute Gasteiger partial charge is 0.366 e. The highest BCUT2D eigenvalue weighted by Gasteiger charge is 2.24. The third kappa shape index (κ3) is 3.05. The second-order valence-corrected chi connectivity index (χ2v) is 6.38. The Labute approximate surface area is 99.2 Å². The Morgan fingerprint density at radius 3 is 3.00 bits per heavy atom. The smallest absolute Gasteiger partial charge is 0.224 e. The predicted molar refractivity (Wildman–Crippen MR) is 62.3 cm³/mol. The van der Waals surface area contributed by atoms with Crippen LogP contribution in [-0.2, 0) is 9.84 Å². The molecule has 1 atom stereocenters. The molecule has 7 heteroatoms. The van der Waals surface area contributed by atoms with Crippen molar-refractivity contribution in [2.75, 3.05) is 16.8 Å². The van der Waals surface area contributed by atoms with E-state index >= 15 is 0 Å². The van der Waals surface area contributed by atoms with Crippen LogP contribution in [0.5, 0.6) is 0 Å². The standard InChI is InChI=1S/C9H12ClN3O2S/c10-9-11-4-3-8(13-9)12-7-2-1-5-16(14,15)6-7/h3-4,7H,1-2,5-6H2,(H,11,12,13). The Kier molecular flexibility index (Phi) is 3.30. The summed E-state index contributed by atoms with van der Waals surface area (Å²) >= 11 is 5.64. The van der Waals surface area contributed by atoms with Gasteiger partial charge < -0.3 is 5.32 Å². The quantitative estimate of drug-likeness (QED) is 0.808. The van der Waals surface area contributed by atoms with Crippen molar-refractivity contribution in [1.29, 1.82) is 0 Å². The van der Waals surface area contributed by atoms with Gasteiger partial charge in [0.25, 0.3) is 0 Å². The van der Waals surface area contributed by atoms with Gasteiger partial charge in [-0.25, -0.2) is 18.4 Å². The van der Waals surface area contributed by atoms with Crippen LogP contribution in [0.3, 0.4) is 0 Å². The molecular formula is C9H12ClN3O2S. The maximum Gasteiger partial charge on any atom is 0.224 e. The van der Waals surface area contributed by atoms with Gasteiger partial charge in [-0.05, 0) is 30.5 Å². The maximum absolute atomic E-state index is 11.4. The summed E-state index contributed by atoms with van der Waals surface area (Å²) in [7, 11) is -2.90. The summed E-state index contributed by atoms with van der Waals surface area (Å²) in [6.07, 6.45) is 3.06. The SMILES string of the molecule is O=S1(=O)CCCC(Nc2ccnc(Cl)n2)C1. The summed E-state index contributed by atoms with van der Waals surface area (Å²) in [5, 5.41) is 3.22. The average molecular weight is 262 g/mol. The number of sulfone groups is 1. The number of aromatic nitrogens is 2. The van der Waals surface area contributed by atoms with Gasteiger partial charge in [0.1, 0.15) is 5.82 Å². The fourth-order valence-corrected chi connectivity index (χ4v) is 3.54. The van der Waals surface area contributed by atoms with E-state index in [1.54, 1.807) is 6.07 Å². The van der Waals surface area contributed by atoms with Crippen molar-refractivity contribution in [1.82, 2.24) is 9.97 Å². The number of rotatable bonds is 2. The molecule has 1 unspecified atom stereocenters. The second-order valence-electron chi connectivity index (χ2n) is 3.81. The van der Waals surface area contributed by atoms with Crippen molar-refractivity contribution < 1.29 is 8.42 Å². The summed E-state index contributed by atoms with van der Waals surface area (Å²) in [4.78, 5) is 7.72. The maximum atomic E-state index is 11.4. The lowest BCUT2D eigenvalue weighted by atomic mass is 10.2. The van der Waals surface area contributed by atoms with Crippen LogP contribution in [0.25, 0.3) is 0 Å². The molecule has 0 amide bonds. The molecule has 2 rings (SSSR count). The molecule has 5 nitrogen and oxygen atoms in total. The molecule has 0 bridgehead atoms. The fourth-order valence-electron chi connectivity index (χ4n) is 1.76. The van der Waals surface area contributed by atoms with Crippen molar-refractivity contribution in [3.8, 4) is 0 Å². The number of halogens is 1. The van der Waals surface area contributed by atoms with Gasteiger partial charge in [-0.3, -0.25) is 0 Å². The summed E-state index contributed by atoms with van der Waals surface area (Å²) in [6.45, 7) is 0. The van der Waals surface area contributed by atoms with Gasteiger partial charge >= 0.3 is 0 Å². The van der Waals surface area contributed by atoms with Crippen molar-refractivity contribution in [3.05, 3.63) is 17.5 Å². The van der Waals surface area contributed by atoms with Gasteiger partial charge in [-0.1, -0.05) is 0 Å². The Morgan fingerprint density at radius 2 is 2.31 bits per heavy atom. The molecule has 1 fully saturated rings. The van der Waals surface area contributed by atoms with Crippen molar-refractivity contribution in [2.45, 2.75) is 18.9 Å². The van der Waals surface area contributed by atoms with Gasteiger partial charge in [-0.15, -0.1) is 0 Å². The van der Waals surface area contributed by atoms with Crippen LogP contribution >= 0.6 is 11.6 Å². The first-order valence-electron chi connectivity index (χ1n) is 5.01. The van der Waals surface area contributed by atoms with Crippen LogP contribution in [-0.4, -0.2) is 35.9 Å². The molecule has 1 aromatic rings. The molecule has 1 aliphatic heterocycles. The monoisotopic (exact) mass is 261 g/mol. The third-order valence-corrected chi connectivity index (χ3v) is 4.44. The van der Waals surface area contributed by atoms with E-state index in [9.17, 15) is 8.42 Å². The number of anilines is 1.